The molecule has 2 aromatic heterocycles. The molecule has 1 amide bonds. The number of carboxylic acids is 1. The second-order valence-corrected chi connectivity index (χ2v) is 5.72. The first-order valence-electron chi connectivity index (χ1n) is 5.62. The molecule has 2 N–H and O–H groups in total. The van der Waals surface area contributed by atoms with Crippen LogP contribution in [0.25, 0.3) is 4.96 Å². The van der Waals surface area contributed by atoms with Crippen LogP contribution in [-0.4, -0.2) is 44.4 Å². The average molecular weight is 299 g/mol. The van der Waals surface area contributed by atoms with E-state index in [2.05, 4.69) is 10.3 Å². The minimum absolute atomic E-state index is 0.0654. The van der Waals surface area contributed by atoms with Crippen molar-refractivity contribution < 1.29 is 14.7 Å². The fraction of sp³-hybridized carbons (Fsp3) is 0.364. The zero-order chi connectivity index (χ0) is 13.7. The first kappa shape index (κ1) is 13.9. The molecular formula is C11H13N3O3S2. The Morgan fingerprint density at radius 1 is 1.53 bits per heavy atom. The third-order valence-electron chi connectivity index (χ3n) is 2.35. The lowest BCUT2D eigenvalue weighted by Gasteiger charge is -2.04. The summed E-state index contributed by atoms with van der Waals surface area (Å²) in [5.74, 6) is -0.237. The number of thioether (sulfide) groups is 1. The van der Waals surface area contributed by atoms with Crippen molar-refractivity contribution in [1.82, 2.24) is 14.7 Å². The number of carboxylic acid groups (broad SMARTS) is 1. The van der Waals surface area contributed by atoms with Gasteiger partial charge >= 0.3 is 5.97 Å². The van der Waals surface area contributed by atoms with Gasteiger partial charge in [0.15, 0.2) is 4.96 Å². The Labute approximate surface area is 117 Å². The molecule has 8 heteroatoms. The molecule has 2 aromatic rings. The molecule has 6 nitrogen and oxygen atoms in total. The zero-order valence-corrected chi connectivity index (χ0v) is 11.7. The molecule has 19 heavy (non-hydrogen) atoms. The SMILES string of the molecule is O=C(O)CSCCNC(=O)Cc1csc2nccn12. The quantitative estimate of drug-likeness (QED) is 0.741. The van der Waals surface area contributed by atoms with Gasteiger partial charge in [-0.25, -0.2) is 4.98 Å². The lowest BCUT2D eigenvalue weighted by molar-refractivity contribution is -0.133. The molecule has 0 aliphatic rings. The molecular weight excluding hydrogens is 286 g/mol. The van der Waals surface area contributed by atoms with E-state index in [9.17, 15) is 9.59 Å². The van der Waals surface area contributed by atoms with Gasteiger partial charge in [0.1, 0.15) is 0 Å². The summed E-state index contributed by atoms with van der Waals surface area (Å²) in [5, 5.41) is 13.1. The average Bonchev–Trinajstić information content (AvgIpc) is 2.93. The minimum atomic E-state index is -0.836. The number of nitrogens with zero attached hydrogens (tertiary/aromatic N) is 2. The number of hydrogen-bond donors (Lipinski definition) is 2. The Bertz CT molecular complexity index is 579. The van der Waals surface area contributed by atoms with Gasteiger partial charge in [0, 0.05) is 35.8 Å². The van der Waals surface area contributed by atoms with Crippen LogP contribution in [0.1, 0.15) is 5.69 Å². The fourth-order valence-electron chi connectivity index (χ4n) is 1.55. The van der Waals surface area contributed by atoms with Gasteiger partial charge in [-0.3, -0.25) is 14.0 Å². The van der Waals surface area contributed by atoms with E-state index in [4.69, 9.17) is 5.11 Å². The number of nitrogens with one attached hydrogen (secondary N) is 1. The van der Waals surface area contributed by atoms with Gasteiger partial charge in [0.05, 0.1) is 12.2 Å². The van der Waals surface area contributed by atoms with Crippen LogP contribution in [0, 0.1) is 0 Å². The van der Waals surface area contributed by atoms with Crippen molar-refractivity contribution in [3.05, 3.63) is 23.5 Å². The third kappa shape index (κ3) is 3.97. The van der Waals surface area contributed by atoms with E-state index in [1.165, 1.54) is 23.1 Å². The molecule has 0 fully saturated rings. The van der Waals surface area contributed by atoms with Crippen LogP contribution in [0.2, 0.25) is 0 Å². The Morgan fingerprint density at radius 2 is 2.37 bits per heavy atom. The molecule has 102 valence electrons. The summed E-state index contributed by atoms with van der Waals surface area (Å²) in [4.78, 5) is 27.0. The summed E-state index contributed by atoms with van der Waals surface area (Å²) in [6.45, 7) is 0.480. The van der Waals surface area contributed by atoms with Gasteiger partial charge in [-0.15, -0.1) is 23.1 Å². The number of fused-ring (bicyclic) bond motifs is 1. The monoisotopic (exact) mass is 299 g/mol. The van der Waals surface area contributed by atoms with Gasteiger partial charge < -0.3 is 10.4 Å². The number of rotatable bonds is 7. The maximum absolute atomic E-state index is 11.7. The number of amides is 1. The smallest absolute Gasteiger partial charge is 0.313 e. The van der Waals surface area contributed by atoms with E-state index in [1.54, 1.807) is 6.20 Å². The first-order valence-corrected chi connectivity index (χ1v) is 7.66. The van der Waals surface area contributed by atoms with Crippen molar-refractivity contribution in [2.45, 2.75) is 6.42 Å². The number of carbonyl (C=O) groups is 2. The van der Waals surface area contributed by atoms with Crippen LogP contribution in [0.5, 0.6) is 0 Å². The summed E-state index contributed by atoms with van der Waals surface area (Å²) in [5.41, 5.74) is 0.910. The Kier molecular flexibility index (Phi) is 4.80. The van der Waals surface area contributed by atoms with Crippen LogP contribution >= 0.6 is 23.1 Å². The van der Waals surface area contributed by atoms with Crippen molar-refractivity contribution in [3.8, 4) is 0 Å². The molecule has 0 saturated heterocycles. The van der Waals surface area contributed by atoms with Crippen LogP contribution in [0.15, 0.2) is 17.8 Å². The van der Waals surface area contributed by atoms with Crippen molar-refractivity contribution in [1.29, 1.82) is 0 Å². The molecule has 0 saturated carbocycles. The van der Waals surface area contributed by atoms with E-state index in [0.29, 0.717) is 18.7 Å². The third-order valence-corrected chi connectivity index (χ3v) is 4.20. The number of imidazole rings is 1. The number of thiazole rings is 1. The number of carbonyl (C=O) groups excluding carboxylic acids is 1. The maximum atomic E-state index is 11.7. The fourth-order valence-corrected chi connectivity index (χ4v) is 2.97. The number of aromatic nitrogens is 2. The summed E-state index contributed by atoms with van der Waals surface area (Å²) < 4.78 is 1.89. The van der Waals surface area contributed by atoms with Gasteiger partial charge in [-0.05, 0) is 0 Å². The van der Waals surface area contributed by atoms with Crippen LogP contribution in [0.3, 0.4) is 0 Å². The van der Waals surface area contributed by atoms with Crippen molar-refractivity contribution in [2.75, 3.05) is 18.1 Å². The topological polar surface area (TPSA) is 83.7 Å². The summed E-state index contributed by atoms with van der Waals surface area (Å²) in [7, 11) is 0. The van der Waals surface area contributed by atoms with E-state index in [1.807, 2.05) is 16.0 Å². The van der Waals surface area contributed by atoms with E-state index in [-0.39, 0.29) is 11.7 Å². The van der Waals surface area contributed by atoms with Crippen molar-refractivity contribution in [3.63, 3.8) is 0 Å². The summed E-state index contributed by atoms with van der Waals surface area (Å²) in [6.07, 6.45) is 3.84. The Hall–Kier alpha value is -1.54. The Morgan fingerprint density at radius 3 is 3.16 bits per heavy atom. The molecule has 0 radical (unpaired) electrons. The van der Waals surface area contributed by atoms with Crippen LogP contribution in [-0.2, 0) is 16.0 Å². The van der Waals surface area contributed by atoms with Crippen LogP contribution < -0.4 is 5.32 Å². The van der Waals surface area contributed by atoms with Gasteiger partial charge in [0.2, 0.25) is 5.91 Å². The molecule has 0 aliphatic heterocycles. The predicted molar refractivity (Wildman–Crippen MR) is 74.7 cm³/mol. The molecule has 0 unspecified atom stereocenters. The molecule has 0 aromatic carbocycles. The molecule has 0 bridgehead atoms. The first-order chi connectivity index (χ1) is 9.16. The number of aliphatic carboxylic acids is 1. The van der Waals surface area contributed by atoms with Gasteiger partial charge in [-0.1, -0.05) is 0 Å². The highest BCUT2D eigenvalue weighted by molar-refractivity contribution is 7.99. The lowest BCUT2D eigenvalue weighted by Crippen LogP contribution is -2.27. The predicted octanol–water partition coefficient (Wildman–Crippen LogP) is 0.872. The standard InChI is InChI=1S/C11H13N3O3S2/c15-9(12-2-4-18-7-10(16)17)5-8-6-19-11-13-1-3-14(8)11/h1,3,6H,2,4-5,7H2,(H,12,15)(H,16,17). The highest BCUT2D eigenvalue weighted by atomic mass is 32.2. The largest absolute Gasteiger partial charge is 0.481 e. The van der Waals surface area contributed by atoms with Crippen molar-refractivity contribution >= 4 is 39.9 Å². The second-order valence-electron chi connectivity index (χ2n) is 3.78. The maximum Gasteiger partial charge on any atom is 0.313 e. The van der Waals surface area contributed by atoms with Crippen molar-refractivity contribution in [2.24, 2.45) is 0 Å². The van der Waals surface area contributed by atoms with E-state index < -0.39 is 5.97 Å². The number of hydrogen-bond acceptors (Lipinski definition) is 5. The van der Waals surface area contributed by atoms with E-state index in [0.717, 1.165) is 10.7 Å². The molecule has 2 rings (SSSR count). The zero-order valence-electron chi connectivity index (χ0n) is 10.0. The molecule has 2 heterocycles. The normalized spacial score (nSPS) is 10.7. The molecule has 0 spiro atoms. The highest BCUT2D eigenvalue weighted by Crippen LogP contribution is 2.14. The molecule has 0 aliphatic carbocycles. The van der Waals surface area contributed by atoms with Gasteiger partial charge in [-0.2, -0.15) is 0 Å². The summed E-state index contributed by atoms with van der Waals surface area (Å²) >= 11 is 2.79. The van der Waals surface area contributed by atoms with Gasteiger partial charge in [0.25, 0.3) is 0 Å². The second kappa shape index (κ2) is 6.58. The van der Waals surface area contributed by atoms with Crippen LogP contribution in [0.4, 0.5) is 0 Å². The highest BCUT2D eigenvalue weighted by Gasteiger charge is 2.08. The molecule has 0 atom stereocenters. The Balaban J connectivity index is 1.73. The minimum Gasteiger partial charge on any atom is -0.481 e. The van der Waals surface area contributed by atoms with E-state index >= 15 is 0 Å². The summed E-state index contributed by atoms with van der Waals surface area (Å²) in [6, 6.07) is 0. The lowest BCUT2D eigenvalue weighted by atomic mass is 10.3.